The van der Waals surface area contributed by atoms with Crippen molar-refractivity contribution in [2.24, 2.45) is 0 Å². The Labute approximate surface area is 173 Å². The fourth-order valence-electron chi connectivity index (χ4n) is 4.02. The predicted octanol–water partition coefficient (Wildman–Crippen LogP) is 2.44. The van der Waals surface area contributed by atoms with Gasteiger partial charge in [0, 0.05) is 38.3 Å². The van der Waals surface area contributed by atoms with Crippen LogP contribution in [-0.4, -0.2) is 67.3 Å². The monoisotopic (exact) mass is 427 g/mol. The molecule has 1 saturated heterocycles. The van der Waals surface area contributed by atoms with Crippen LogP contribution in [0.5, 0.6) is 0 Å². The van der Waals surface area contributed by atoms with Crippen LogP contribution in [0.15, 0.2) is 35.2 Å². The van der Waals surface area contributed by atoms with E-state index in [4.69, 9.17) is 11.6 Å². The molecule has 156 valence electrons. The number of carbonyl (C=O) groups is 1. The molecule has 6 nitrogen and oxygen atoms in total. The SMILES string of the molecule is CC(C)N1CCN(C(=O)C2(Cl)CCC(NS(=O)(=O)c3ccccc3)CC2)CC1. The first-order valence-electron chi connectivity index (χ1n) is 10.0. The van der Waals surface area contributed by atoms with E-state index >= 15 is 0 Å². The van der Waals surface area contributed by atoms with E-state index < -0.39 is 14.9 Å². The van der Waals surface area contributed by atoms with Crippen molar-refractivity contribution in [2.75, 3.05) is 26.2 Å². The number of amides is 1. The summed E-state index contributed by atoms with van der Waals surface area (Å²) in [5.41, 5.74) is 0. The number of sulfonamides is 1. The lowest BCUT2D eigenvalue weighted by molar-refractivity contribution is -0.137. The minimum Gasteiger partial charge on any atom is -0.339 e. The number of nitrogens with zero attached hydrogens (tertiary/aromatic N) is 2. The van der Waals surface area contributed by atoms with Crippen molar-refractivity contribution >= 4 is 27.5 Å². The topological polar surface area (TPSA) is 69.7 Å². The van der Waals surface area contributed by atoms with Crippen LogP contribution in [0.25, 0.3) is 0 Å². The summed E-state index contributed by atoms with van der Waals surface area (Å²) in [6, 6.07) is 8.65. The van der Waals surface area contributed by atoms with E-state index in [9.17, 15) is 13.2 Å². The Morgan fingerprint density at radius 1 is 1.11 bits per heavy atom. The number of alkyl halides is 1. The van der Waals surface area contributed by atoms with Crippen molar-refractivity contribution in [1.82, 2.24) is 14.5 Å². The molecule has 1 aliphatic heterocycles. The molecule has 1 N–H and O–H groups in total. The van der Waals surface area contributed by atoms with Crippen molar-refractivity contribution in [2.45, 2.75) is 61.4 Å². The van der Waals surface area contributed by atoms with Crippen LogP contribution < -0.4 is 4.72 Å². The Kier molecular flexibility index (Phi) is 6.69. The minimum atomic E-state index is -3.55. The standard InChI is InChI=1S/C20H30ClN3O3S/c1-16(2)23-12-14-24(15-13-23)19(25)20(21)10-8-17(9-11-20)22-28(26,27)18-6-4-3-5-7-18/h3-7,16-17,22H,8-15H2,1-2H3. The van der Waals surface area contributed by atoms with E-state index in [2.05, 4.69) is 23.5 Å². The highest BCUT2D eigenvalue weighted by molar-refractivity contribution is 7.89. The molecule has 1 aromatic carbocycles. The maximum atomic E-state index is 13.0. The molecule has 0 aromatic heterocycles. The molecule has 1 aromatic rings. The molecular weight excluding hydrogens is 398 g/mol. The first kappa shape index (κ1) is 21.6. The number of piperazine rings is 1. The number of nitrogens with one attached hydrogen (secondary N) is 1. The molecule has 2 aliphatic rings. The third-order valence-corrected chi connectivity index (χ3v) is 7.94. The van der Waals surface area contributed by atoms with E-state index in [-0.39, 0.29) is 16.8 Å². The third-order valence-electron chi connectivity index (χ3n) is 5.87. The van der Waals surface area contributed by atoms with Gasteiger partial charge in [0.05, 0.1) is 4.90 Å². The molecule has 3 rings (SSSR count). The lowest BCUT2D eigenvalue weighted by Gasteiger charge is -2.42. The Morgan fingerprint density at radius 2 is 1.68 bits per heavy atom. The molecule has 8 heteroatoms. The first-order chi connectivity index (χ1) is 13.2. The number of rotatable bonds is 5. The first-order valence-corrected chi connectivity index (χ1v) is 11.9. The summed E-state index contributed by atoms with van der Waals surface area (Å²) >= 11 is 6.73. The third kappa shape index (κ3) is 4.87. The second-order valence-electron chi connectivity index (χ2n) is 8.10. The van der Waals surface area contributed by atoms with Crippen LogP contribution in [0.3, 0.4) is 0 Å². The quantitative estimate of drug-likeness (QED) is 0.733. The van der Waals surface area contributed by atoms with Crippen LogP contribution in [-0.2, 0) is 14.8 Å². The lowest BCUT2D eigenvalue weighted by atomic mass is 9.84. The van der Waals surface area contributed by atoms with Gasteiger partial charge in [-0.2, -0.15) is 0 Å². The maximum Gasteiger partial charge on any atom is 0.243 e. The number of hydrogen-bond acceptors (Lipinski definition) is 4. The fraction of sp³-hybridized carbons (Fsp3) is 0.650. The van der Waals surface area contributed by atoms with Gasteiger partial charge in [-0.15, -0.1) is 11.6 Å². The molecule has 0 atom stereocenters. The van der Waals surface area contributed by atoms with Gasteiger partial charge in [0.1, 0.15) is 4.87 Å². The Bertz CT molecular complexity index is 769. The smallest absolute Gasteiger partial charge is 0.243 e. The Balaban J connectivity index is 1.55. The molecule has 0 radical (unpaired) electrons. The normalized spacial score (nSPS) is 27.1. The number of benzene rings is 1. The van der Waals surface area contributed by atoms with E-state index in [1.165, 1.54) is 0 Å². The second kappa shape index (κ2) is 8.69. The summed E-state index contributed by atoms with van der Waals surface area (Å²) in [6.45, 7) is 7.48. The summed E-state index contributed by atoms with van der Waals surface area (Å²) in [6.07, 6.45) is 2.10. The number of hydrogen-bond donors (Lipinski definition) is 1. The Morgan fingerprint density at radius 3 is 2.21 bits per heavy atom. The summed E-state index contributed by atoms with van der Waals surface area (Å²) in [5.74, 6) is 0.00180. The van der Waals surface area contributed by atoms with Crippen LogP contribution >= 0.6 is 11.6 Å². The minimum absolute atomic E-state index is 0.00180. The molecule has 1 amide bonds. The molecule has 1 saturated carbocycles. The zero-order valence-corrected chi connectivity index (χ0v) is 18.2. The van der Waals surface area contributed by atoms with Gasteiger partial charge < -0.3 is 4.90 Å². The average Bonchev–Trinajstić information content (AvgIpc) is 2.70. The van der Waals surface area contributed by atoms with Crippen molar-refractivity contribution in [3.8, 4) is 0 Å². The van der Waals surface area contributed by atoms with Crippen LogP contribution in [0.1, 0.15) is 39.5 Å². The van der Waals surface area contributed by atoms with E-state index in [1.54, 1.807) is 30.3 Å². The van der Waals surface area contributed by atoms with Crippen molar-refractivity contribution < 1.29 is 13.2 Å². The second-order valence-corrected chi connectivity index (χ2v) is 10.5. The molecule has 2 fully saturated rings. The van der Waals surface area contributed by atoms with Gasteiger partial charge in [0.2, 0.25) is 15.9 Å². The predicted molar refractivity (Wildman–Crippen MR) is 111 cm³/mol. The summed E-state index contributed by atoms with van der Waals surface area (Å²) in [7, 11) is -3.55. The molecule has 0 spiro atoms. The van der Waals surface area contributed by atoms with Gasteiger partial charge >= 0.3 is 0 Å². The van der Waals surface area contributed by atoms with Crippen molar-refractivity contribution in [3.05, 3.63) is 30.3 Å². The van der Waals surface area contributed by atoms with E-state index in [0.29, 0.717) is 44.8 Å². The summed E-state index contributed by atoms with van der Waals surface area (Å²) < 4.78 is 27.8. The van der Waals surface area contributed by atoms with Crippen LogP contribution in [0.2, 0.25) is 0 Å². The van der Waals surface area contributed by atoms with E-state index in [1.807, 2.05) is 4.90 Å². The summed E-state index contributed by atoms with van der Waals surface area (Å²) in [4.78, 5) is 16.6. The maximum absolute atomic E-state index is 13.0. The van der Waals surface area contributed by atoms with Gasteiger partial charge in [-0.25, -0.2) is 13.1 Å². The lowest BCUT2D eigenvalue weighted by Crippen LogP contribution is -2.56. The highest BCUT2D eigenvalue weighted by Crippen LogP contribution is 2.36. The molecule has 0 bridgehead atoms. The Hall–Kier alpha value is -1.15. The zero-order chi connectivity index (χ0) is 20.4. The number of carbonyl (C=O) groups excluding carboxylic acids is 1. The molecule has 28 heavy (non-hydrogen) atoms. The fourth-order valence-corrected chi connectivity index (χ4v) is 5.68. The molecule has 1 aliphatic carbocycles. The van der Waals surface area contributed by atoms with Gasteiger partial charge in [0.15, 0.2) is 0 Å². The largest absolute Gasteiger partial charge is 0.339 e. The highest BCUT2D eigenvalue weighted by Gasteiger charge is 2.43. The molecule has 0 unspecified atom stereocenters. The molecular formula is C20H30ClN3O3S. The highest BCUT2D eigenvalue weighted by atomic mass is 35.5. The van der Waals surface area contributed by atoms with Crippen LogP contribution in [0, 0.1) is 0 Å². The number of halogens is 1. The van der Waals surface area contributed by atoms with Gasteiger partial charge in [-0.1, -0.05) is 18.2 Å². The van der Waals surface area contributed by atoms with E-state index in [0.717, 1.165) is 13.1 Å². The van der Waals surface area contributed by atoms with Gasteiger partial charge in [-0.05, 0) is 51.7 Å². The summed E-state index contributed by atoms with van der Waals surface area (Å²) in [5, 5.41) is 0. The molecule has 1 heterocycles. The van der Waals surface area contributed by atoms with Gasteiger partial charge in [0.25, 0.3) is 0 Å². The van der Waals surface area contributed by atoms with Crippen molar-refractivity contribution in [3.63, 3.8) is 0 Å². The van der Waals surface area contributed by atoms with Crippen LogP contribution in [0.4, 0.5) is 0 Å². The zero-order valence-electron chi connectivity index (χ0n) is 16.6. The van der Waals surface area contributed by atoms with Crippen molar-refractivity contribution in [1.29, 1.82) is 0 Å². The van der Waals surface area contributed by atoms with Gasteiger partial charge in [-0.3, -0.25) is 9.69 Å². The average molecular weight is 428 g/mol.